The number of unbranched alkanes of at least 4 members (excludes halogenated alkanes) is 5. The molecule has 0 bridgehead atoms. The van der Waals surface area contributed by atoms with Crippen molar-refractivity contribution in [3.8, 4) is 0 Å². The number of allylic oxidation sites excluding steroid dienone is 6. The highest BCUT2D eigenvalue weighted by Crippen LogP contribution is 2.14. The van der Waals surface area contributed by atoms with Gasteiger partial charge >= 0.3 is 7.95 Å². The highest BCUT2D eigenvalue weighted by atomic mass is 31.1. The molecule has 0 saturated heterocycles. The molecule has 0 aromatic heterocycles. The number of hydrogen-bond acceptors (Lipinski definition) is 3. The number of nitrogens with one attached hydrogen (secondary N) is 2. The predicted octanol–water partition coefficient (Wildman–Crippen LogP) is 5.41. The molecule has 0 fully saturated rings. The summed E-state index contributed by atoms with van der Waals surface area (Å²) in [7, 11) is -1.47. The van der Waals surface area contributed by atoms with Crippen LogP contribution < -0.4 is 10.4 Å². The highest BCUT2D eigenvalue weighted by molar-refractivity contribution is 7.42. The van der Waals surface area contributed by atoms with Gasteiger partial charge in [0.1, 0.15) is 0 Å². The number of hydrogen-bond donors (Lipinski definition) is 3. The molecule has 0 rings (SSSR count). The summed E-state index contributed by atoms with van der Waals surface area (Å²) in [6, 6.07) is 0. The van der Waals surface area contributed by atoms with Crippen LogP contribution in [0.4, 0.5) is 0 Å². The minimum absolute atomic E-state index is 0.0104. The zero-order valence-corrected chi connectivity index (χ0v) is 19.2. The van der Waals surface area contributed by atoms with Gasteiger partial charge in [-0.05, 0) is 38.5 Å². The first kappa shape index (κ1) is 27.7. The number of aliphatic hydroxyl groups is 1. The molecule has 0 aromatic rings. The number of aliphatic hydroxyl groups excluding tert-OH is 1. The van der Waals surface area contributed by atoms with Crippen LogP contribution in [-0.4, -0.2) is 36.9 Å². The van der Waals surface area contributed by atoms with Crippen LogP contribution >= 0.6 is 7.95 Å². The van der Waals surface area contributed by atoms with E-state index >= 15 is 0 Å². The Balaban J connectivity index is 3.37. The van der Waals surface area contributed by atoms with Crippen molar-refractivity contribution in [3.63, 3.8) is 0 Å². The maximum Gasteiger partial charge on any atom is 0.432 e. The molecular formula is C23H42N2O3P+. The second-order valence-corrected chi connectivity index (χ2v) is 8.56. The third-order valence-electron chi connectivity index (χ3n) is 4.31. The molecule has 1 atom stereocenters. The summed E-state index contributed by atoms with van der Waals surface area (Å²) in [4.78, 5) is 11.7. The Labute approximate surface area is 179 Å². The van der Waals surface area contributed by atoms with Gasteiger partial charge in [-0.3, -0.25) is 4.79 Å². The molecule has 0 aliphatic heterocycles. The van der Waals surface area contributed by atoms with Gasteiger partial charge in [-0.15, -0.1) is 5.09 Å². The molecule has 6 heteroatoms. The van der Waals surface area contributed by atoms with E-state index in [4.69, 9.17) is 5.11 Å². The lowest BCUT2D eigenvalue weighted by Gasteiger charge is -2.03. The average Bonchev–Trinajstić information content (AvgIpc) is 2.72. The van der Waals surface area contributed by atoms with E-state index in [1.807, 2.05) is 0 Å². The van der Waals surface area contributed by atoms with Gasteiger partial charge in [0.2, 0.25) is 5.91 Å². The summed E-state index contributed by atoms with van der Waals surface area (Å²) in [5.74, 6) is 0.0877. The Morgan fingerprint density at radius 2 is 1.52 bits per heavy atom. The van der Waals surface area contributed by atoms with Crippen molar-refractivity contribution in [1.29, 1.82) is 0 Å². The second-order valence-electron chi connectivity index (χ2n) is 7.04. The standard InChI is InChI=1S/C23H41N2O3P/c1-2-3-4-5-6-7-8-9-10-11-12-13-14-15-16-18-23(27)24-19-17-22-29(28)25-20-21-26/h3-4,6-7,9-10,26H,2,5,8,11-22H2,1H3,(H-,24,25,27,28)/p+1. The summed E-state index contributed by atoms with van der Waals surface area (Å²) in [5.41, 5.74) is 0. The van der Waals surface area contributed by atoms with Crippen LogP contribution in [0, 0.1) is 0 Å². The Morgan fingerprint density at radius 3 is 2.24 bits per heavy atom. The molecule has 1 amide bonds. The van der Waals surface area contributed by atoms with Crippen LogP contribution in [0.15, 0.2) is 36.5 Å². The summed E-state index contributed by atoms with van der Waals surface area (Å²) in [6.07, 6.45) is 25.1. The maximum atomic E-state index is 11.7. The molecule has 0 aliphatic carbocycles. The van der Waals surface area contributed by atoms with Crippen molar-refractivity contribution in [2.24, 2.45) is 0 Å². The lowest BCUT2D eigenvalue weighted by molar-refractivity contribution is -0.121. The van der Waals surface area contributed by atoms with Crippen LogP contribution in [0.3, 0.4) is 0 Å². The predicted molar refractivity (Wildman–Crippen MR) is 124 cm³/mol. The van der Waals surface area contributed by atoms with E-state index in [9.17, 15) is 9.36 Å². The molecule has 0 aromatic carbocycles. The minimum Gasteiger partial charge on any atom is -0.395 e. The Bertz CT molecular complexity index is 491. The van der Waals surface area contributed by atoms with Gasteiger partial charge in [-0.25, -0.2) is 0 Å². The fourth-order valence-electron chi connectivity index (χ4n) is 2.70. The van der Waals surface area contributed by atoms with Gasteiger partial charge < -0.3 is 10.4 Å². The van der Waals surface area contributed by atoms with Crippen LogP contribution in [-0.2, 0) is 9.36 Å². The molecule has 0 aliphatic rings. The van der Waals surface area contributed by atoms with E-state index in [-0.39, 0.29) is 12.5 Å². The first-order valence-electron chi connectivity index (χ1n) is 11.2. The Hall–Kier alpha value is -1.29. The first-order valence-corrected chi connectivity index (χ1v) is 12.7. The lowest BCUT2D eigenvalue weighted by atomic mass is 10.1. The molecule has 3 N–H and O–H groups in total. The summed E-state index contributed by atoms with van der Waals surface area (Å²) in [6.45, 7) is 3.06. The largest absolute Gasteiger partial charge is 0.432 e. The number of carbonyl (C=O) groups is 1. The van der Waals surface area contributed by atoms with Crippen LogP contribution in [0.25, 0.3) is 0 Å². The summed E-state index contributed by atoms with van der Waals surface area (Å²) < 4.78 is 11.5. The fourth-order valence-corrected chi connectivity index (χ4v) is 3.65. The second kappa shape index (κ2) is 23.0. The third kappa shape index (κ3) is 22.9. The molecule has 5 nitrogen and oxygen atoms in total. The molecule has 0 radical (unpaired) electrons. The molecule has 0 saturated carbocycles. The fraction of sp³-hybridized carbons (Fsp3) is 0.696. The molecule has 29 heavy (non-hydrogen) atoms. The minimum atomic E-state index is -1.47. The van der Waals surface area contributed by atoms with Crippen LogP contribution in [0.2, 0.25) is 0 Å². The Kier molecular flexibility index (Phi) is 22.0. The number of amides is 1. The van der Waals surface area contributed by atoms with Gasteiger partial charge in [0.15, 0.2) is 6.16 Å². The zero-order chi connectivity index (χ0) is 21.4. The zero-order valence-electron chi connectivity index (χ0n) is 18.3. The molecule has 166 valence electrons. The van der Waals surface area contributed by atoms with E-state index in [2.05, 4.69) is 53.8 Å². The summed E-state index contributed by atoms with van der Waals surface area (Å²) >= 11 is 0. The highest BCUT2D eigenvalue weighted by Gasteiger charge is 2.13. The van der Waals surface area contributed by atoms with E-state index in [1.54, 1.807) is 0 Å². The van der Waals surface area contributed by atoms with Crippen molar-refractivity contribution < 1.29 is 14.5 Å². The lowest BCUT2D eigenvalue weighted by Crippen LogP contribution is -2.24. The van der Waals surface area contributed by atoms with Gasteiger partial charge in [0.25, 0.3) is 0 Å². The smallest absolute Gasteiger partial charge is 0.395 e. The van der Waals surface area contributed by atoms with Crippen LogP contribution in [0.1, 0.15) is 77.6 Å². The quantitative estimate of drug-likeness (QED) is 0.138. The van der Waals surface area contributed by atoms with E-state index in [0.717, 1.165) is 38.5 Å². The number of carbonyl (C=O) groups excluding carboxylic acids is 1. The van der Waals surface area contributed by atoms with Gasteiger partial charge in [-0.2, -0.15) is 0 Å². The van der Waals surface area contributed by atoms with E-state index in [1.165, 1.54) is 19.3 Å². The van der Waals surface area contributed by atoms with E-state index < -0.39 is 7.95 Å². The van der Waals surface area contributed by atoms with E-state index in [0.29, 0.717) is 32.1 Å². The van der Waals surface area contributed by atoms with Gasteiger partial charge in [-0.1, -0.05) is 67.2 Å². The van der Waals surface area contributed by atoms with Crippen molar-refractivity contribution in [3.05, 3.63) is 36.5 Å². The molecule has 1 unspecified atom stereocenters. The van der Waals surface area contributed by atoms with Crippen LogP contribution in [0.5, 0.6) is 0 Å². The monoisotopic (exact) mass is 425 g/mol. The van der Waals surface area contributed by atoms with Crippen molar-refractivity contribution in [2.75, 3.05) is 25.9 Å². The van der Waals surface area contributed by atoms with Crippen molar-refractivity contribution in [1.82, 2.24) is 10.4 Å². The normalized spacial score (nSPS) is 12.4. The topological polar surface area (TPSA) is 78.4 Å². The van der Waals surface area contributed by atoms with Gasteiger partial charge in [0, 0.05) is 19.4 Å². The molecule has 0 spiro atoms. The van der Waals surface area contributed by atoms with Gasteiger partial charge in [0.05, 0.1) is 13.2 Å². The number of rotatable bonds is 20. The van der Waals surface area contributed by atoms with Crippen molar-refractivity contribution in [2.45, 2.75) is 77.6 Å². The SMILES string of the molecule is CCC=CCC=CCC=CCCCCCCCC(=O)NCCC[P+](=O)NCCO. The summed E-state index contributed by atoms with van der Waals surface area (Å²) in [5, 5.41) is 14.3. The third-order valence-corrected chi connectivity index (χ3v) is 5.61. The molecule has 0 heterocycles. The molecular weight excluding hydrogens is 383 g/mol. The first-order chi connectivity index (χ1) is 14.2. The van der Waals surface area contributed by atoms with Crippen molar-refractivity contribution >= 4 is 13.9 Å². The Morgan fingerprint density at radius 1 is 0.862 bits per heavy atom. The average molecular weight is 426 g/mol. The maximum absolute atomic E-state index is 11.7.